The van der Waals surface area contributed by atoms with Crippen molar-refractivity contribution in [2.24, 2.45) is 0 Å². The Hall–Kier alpha value is -2.67. The average Bonchev–Trinajstić information content (AvgIpc) is 2.74. The third-order valence-electron chi connectivity index (χ3n) is 4.45. The molecule has 2 aromatic rings. The summed E-state index contributed by atoms with van der Waals surface area (Å²) < 4.78 is 28.3. The molecule has 1 atom stereocenters. The first-order valence-electron chi connectivity index (χ1n) is 9.94. The molecule has 8 nitrogen and oxygen atoms in total. The first-order chi connectivity index (χ1) is 14.8. The van der Waals surface area contributed by atoms with Crippen molar-refractivity contribution in [1.82, 2.24) is 5.32 Å². The van der Waals surface area contributed by atoms with Gasteiger partial charge < -0.3 is 24.2 Å². The average molecular weight is 449 g/mol. The lowest BCUT2D eigenvalue weighted by molar-refractivity contribution is -0.139. The zero-order chi connectivity index (χ0) is 22.9. The first kappa shape index (κ1) is 24.6. The molecule has 0 saturated heterocycles. The van der Waals surface area contributed by atoms with Crippen LogP contribution in [0.25, 0.3) is 0 Å². The van der Waals surface area contributed by atoms with Crippen LogP contribution in [-0.2, 0) is 31.0 Å². The number of benzene rings is 2. The van der Waals surface area contributed by atoms with Crippen LogP contribution in [0.2, 0.25) is 0 Å². The van der Waals surface area contributed by atoms with Gasteiger partial charge in [0.1, 0.15) is 11.8 Å². The molecular formula is C22H28NO7P. The lowest BCUT2D eigenvalue weighted by atomic mass is 10.0. The van der Waals surface area contributed by atoms with Gasteiger partial charge in [-0.05, 0) is 49.2 Å². The van der Waals surface area contributed by atoms with E-state index in [9.17, 15) is 19.3 Å². The Morgan fingerprint density at radius 2 is 1.52 bits per heavy atom. The number of hydrogen-bond donors (Lipinski definition) is 2. The standard InChI is InChI=1S/C22H28NO7P/c1-4-29-31(27,30-5-2)15-17-6-10-18(11-7-17)21(24)23-20(22(25)26)14-16-8-12-19(28-3)13-9-16/h6-13,20H,4-5,14-15H2,1-3H3,(H,23,24)(H,25,26)/t20-/m0/s1. The molecule has 0 unspecified atom stereocenters. The van der Waals surface area contributed by atoms with Crippen molar-refractivity contribution in [2.45, 2.75) is 32.5 Å². The molecule has 0 aliphatic heterocycles. The molecule has 9 heteroatoms. The van der Waals surface area contributed by atoms with Crippen molar-refractivity contribution in [3.8, 4) is 5.75 Å². The second-order valence-electron chi connectivity index (χ2n) is 6.72. The first-order valence-corrected chi connectivity index (χ1v) is 11.7. The Morgan fingerprint density at radius 3 is 2.00 bits per heavy atom. The van der Waals surface area contributed by atoms with E-state index in [2.05, 4.69) is 5.32 Å². The van der Waals surface area contributed by atoms with Crippen molar-refractivity contribution in [3.63, 3.8) is 0 Å². The normalized spacial score (nSPS) is 12.2. The molecule has 0 aromatic heterocycles. The van der Waals surface area contributed by atoms with E-state index >= 15 is 0 Å². The number of rotatable bonds is 12. The van der Waals surface area contributed by atoms with Gasteiger partial charge in [-0.15, -0.1) is 0 Å². The number of hydrogen-bond acceptors (Lipinski definition) is 6. The number of aliphatic carboxylic acids is 1. The number of carboxylic acids is 1. The van der Waals surface area contributed by atoms with Gasteiger partial charge in [-0.3, -0.25) is 9.36 Å². The van der Waals surface area contributed by atoms with Gasteiger partial charge in [0.25, 0.3) is 5.91 Å². The van der Waals surface area contributed by atoms with Gasteiger partial charge in [0.15, 0.2) is 0 Å². The molecule has 2 N–H and O–H groups in total. The lowest BCUT2D eigenvalue weighted by Gasteiger charge is -2.17. The van der Waals surface area contributed by atoms with Crippen LogP contribution in [0.1, 0.15) is 35.3 Å². The third-order valence-corrected chi connectivity index (χ3v) is 6.50. The van der Waals surface area contributed by atoms with Crippen LogP contribution in [-0.4, -0.2) is 43.3 Å². The maximum Gasteiger partial charge on any atom is 0.335 e. The molecule has 2 aromatic carbocycles. The van der Waals surface area contributed by atoms with Crippen molar-refractivity contribution in [2.75, 3.05) is 20.3 Å². The second-order valence-corrected chi connectivity index (χ2v) is 8.77. The van der Waals surface area contributed by atoms with E-state index < -0.39 is 25.5 Å². The van der Waals surface area contributed by atoms with Gasteiger partial charge in [-0.2, -0.15) is 0 Å². The number of methoxy groups -OCH3 is 1. The number of carbonyl (C=O) groups is 2. The van der Waals surface area contributed by atoms with Crippen LogP contribution >= 0.6 is 7.60 Å². The highest BCUT2D eigenvalue weighted by molar-refractivity contribution is 7.53. The Balaban J connectivity index is 2.05. The zero-order valence-electron chi connectivity index (χ0n) is 17.9. The van der Waals surface area contributed by atoms with Crippen LogP contribution in [0.4, 0.5) is 0 Å². The molecule has 0 fully saturated rings. The maximum atomic E-state index is 12.6. The minimum Gasteiger partial charge on any atom is -0.497 e. The van der Waals surface area contributed by atoms with Gasteiger partial charge in [0.05, 0.1) is 26.5 Å². The van der Waals surface area contributed by atoms with Gasteiger partial charge >= 0.3 is 13.6 Å². The quantitative estimate of drug-likeness (QED) is 0.473. The monoisotopic (exact) mass is 449 g/mol. The molecule has 31 heavy (non-hydrogen) atoms. The second kappa shape index (κ2) is 11.6. The molecule has 0 radical (unpaired) electrons. The van der Waals surface area contributed by atoms with Crippen LogP contribution in [0, 0.1) is 0 Å². The number of carbonyl (C=O) groups excluding carboxylic acids is 1. The number of ether oxygens (including phenoxy) is 1. The van der Waals surface area contributed by atoms with E-state index in [-0.39, 0.29) is 25.8 Å². The van der Waals surface area contributed by atoms with Gasteiger partial charge in [-0.25, -0.2) is 4.79 Å². The summed E-state index contributed by atoms with van der Waals surface area (Å²) in [5, 5.41) is 12.0. The highest BCUT2D eigenvalue weighted by atomic mass is 31.2. The molecule has 1 amide bonds. The summed E-state index contributed by atoms with van der Waals surface area (Å²) in [7, 11) is -1.70. The molecule has 0 bridgehead atoms. The smallest absolute Gasteiger partial charge is 0.335 e. The van der Waals surface area contributed by atoms with E-state index in [1.54, 1.807) is 69.5 Å². The van der Waals surface area contributed by atoms with Crippen molar-refractivity contribution < 1.29 is 33.0 Å². The van der Waals surface area contributed by atoms with Crippen LogP contribution in [0.5, 0.6) is 5.75 Å². The Bertz CT molecular complexity index is 902. The van der Waals surface area contributed by atoms with E-state index in [0.29, 0.717) is 16.9 Å². The van der Waals surface area contributed by atoms with Gasteiger partial charge in [-0.1, -0.05) is 24.3 Å². The summed E-state index contributed by atoms with van der Waals surface area (Å²) in [5.74, 6) is -0.974. The van der Waals surface area contributed by atoms with E-state index in [1.807, 2.05) is 0 Å². The fourth-order valence-corrected chi connectivity index (χ4v) is 4.65. The topological polar surface area (TPSA) is 111 Å². The van der Waals surface area contributed by atoms with E-state index in [1.165, 1.54) is 0 Å². The molecule has 0 aliphatic rings. The van der Waals surface area contributed by atoms with E-state index in [0.717, 1.165) is 5.56 Å². The van der Waals surface area contributed by atoms with Crippen molar-refractivity contribution in [3.05, 3.63) is 65.2 Å². The highest BCUT2D eigenvalue weighted by Crippen LogP contribution is 2.51. The Labute approximate surface area is 182 Å². The highest BCUT2D eigenvalue weighted by Gasteiger charge is 2.25. The molecule has 0 spiro atoms. The third kappa shape index (κ3) is 7.51. The summed E-state index contributed by atoms with van der Waals surface area (Å²) in [5.41, 5.74) is 1.74. The minimum absolute atomic E-state index is 0.0891. The van der Waals surface area contributed by atoms with Gasteiger partial charge in [0.2, 0.25) is 0 Å². The van der Waals surface area contributed by atoms with Crippen LogP contribution in [0.15, 0.2) is 48.5 Å². The summed E-state index contributed by atoms with van der Waals surface area (Å²) in [6.45, 7) is 4.01. The summed E-state index contributed by atoms with van der Waals surface area (Å²) in [4.78, 5) is 24.2. The van der Waals surface area contributed by atoms with Crippen molar-refractivity contribution >= 4 is 19.5 Å². The van der Waals surface area contributed by atoms with Gasteiger partial charge in [0, 0.05) is 12.0 Å². The molecule has 0 aliphatic carbocycles. The fraction of sp³-hybridized carbons (Fsp3) is 0.364. The molecule has 0 heterocycles. The summed E-state index contributed by atoms with van der Waals surface area (Å²) in [6.07, 6.45) is 0.223. The van der Waals surface area contributed by atoms with E-state index in [4.69, 9.17) is 13.8 Å². The predicted molar refractivity (Wildman–Crippen MR) is 117 cm³/mol. The largest absolute Gasteiger partial charge is 0.497 e. The number of amides is 1. The fourth-order valence-electron chi connectivity index (χ4n) is 2.95. The van der Waals surface area contributed by atoms with Crippen molar-refractivity contribution in [1.29, 1.82) is 0 Å². The Kier molecular flexibility index (Phi) is 9.24. The molecule has 2 rings (SSSR count). The lowest BCUT2D eigenvalue weighted by Crippen LogP contribution is -2.42. The summed E-state index contributed by atoms with van der Waals surface area (Å²) >= 11 is 0. The zero-order valence-corrected chi connectivity index (χ0v) is 18.8. The Morgan fingerprint density at radius 1 is 0.968 bits per heavy atom. The SMILES string of the molecule is CCOP(=O)(Cc1ccc(C(=O)N[C@@H](Cc2ccc(OC)cc2)C(=O)O)cc1)OCC. The molecule has 0 saturated carbocycles. The predicted octanol–water partition coefficient (Wildman–Crippen LogP) is 3.89. The maximum absolute atomic E-state index is 12.6. The minimum atomic E-state index is -3.25. The molecule has 168 valence electrons. The number of nitrogens with one attached hydrogen (secondary N) is 1. The number of carboxylic acid groups (broad SMARTS) is 1. The summed E-state index contributed by atoms with van der Waals surface area (Å²) in [6, 6.07) is 12.3. The molecular weight excluding hydrogens is 421 g/mol. The van der Waals surface area contributed by atoms with Crippen LogP contribution < -0.4 is 10.1 Å². The van der Waals surface area contributed by atoms with Crippen LogP contribution in [0.3, 0.4) is 0 Å².